The SMILES string of the molecule is CCC(=O)N1CCCC(C(=O)Nc2ccccc2N2CCN(C)CC2)C1. The van der Waals surface area contributed by atoms with Gasteiger partial charge in [0, 0.05) is 45.7 Å². The smallest absolute Gasteiger partial charge is 0.229 e. The fourth-order valence-electron chi connectivity index (χ4n) is 3.78. The van der Waals surface area contributed by atoms with Crippen LogP contribution in [0.2, 0.25) is 0 Å². The van der Waals surface area contributed by atoms with Crippen molar-refractivity contribution in [3.63, 3.8) is 0 Å². The Labute approximate surface area is 156 Å². The van der Waals surface area contributed by atoms with Crippen molar-refractivity contribution in [2.45, 2.75) is 26.2 Å². The number of benzene rings is 1. The highest BCUT2D eigenvalue weighted by atomic mass is 16.2. The molecule has 1 aromatic carbocycles. The molecule has 2 amide bonds. The summed E-state index contributed by atoms with van der Waals surface area (Å²) in [6, 6.07) is 8.03. The molecule has 0 radical (unpaired) electrons. The first-order chi connectivity index (χ1) is 12.6. The largest absolute Gasteiger partial charge is 0.367 e. The lowest BCUT2D eigenvalue weighted by Gasteiger charge is -2.35. The van der Waals surface area contributed by atoms with E-state index in [0.29, 0.717) is 13.0 Å². The first-order valence-corrected chi connectivity index (χ1v) is 9.69. The quantitative estimate of drug-likeness (QED) is 0.895. The van der Waals surface area contributed by atoms with E-state index in [2.05, 4.69) is 28.2 Å². The van der Waals surface area contributed by atoms with E-state index < -0.39 is 0 Å². The third-order valence-electron chi connectivity index (χ3n) is 5.45. The van der Waals surface area contributed by atoms with Gasteiger partial charge in [-0.2, -0.15) is 0 Å². The Hall–Kier alpha value is -2.08. The molecule has 0 spiro atoms. The van der Waals surface area contributed by atoms with Crippen LogP contribution in [0, 0.1) is 5.92 Å². The number of likely N-dealkylation sites (N-methyl/N-ethyl adjacent to an activating group) is 1. The number of carbonyl (C=O) groups excluding carboxylic acids is 2. The number of nitrogens with zero attached hydrogens (tertiary/aromatic N) is 3. The number of nitrogens with one attached hydrogen (secondary N) is 1. The van der Waals surface area contributed by atoms with Crippen molar-refractivity contribution in [2.75, 3.05) is 56.5 Å². The van der Waals surface area contributed by atoms with Gasteiger partial charge < -0.3 is 20.0 Å². The van der Waals surface area contributed by atoms with E-state index in [-0.39, 0.29) is 17.7 Å². The number of piperidine rings is 1. The minimum atomic E-state index is -0.125. The van der Waals surface area contributed by atoms with E-state index in [0.717, 1.165) is 56.9 Å². The third kappa shape index (κ3) is 4.36. The highest BCUT2D eigenvalue weighted by Crippen LogP contribution is 2.28. The molecular formula is C20H30N4O2. The molecule has 1 atom stereocenters. The van der Waals surface area contributed by atoms with Crippen LogP contribution in [0.4, 0.5) is 11.4 Å². The molecule has 1 unspecified atom stereocenters. The normalized spacial score (nSPS) is 21.5. The number of hydrogen-bond acceptors (Lipinski definition) is 4. The zero-order valence-electron chi connectivity index (χ0n) is 15.9. The van der Waals surface area contributed by atoms with Gasteiger partial charge in [-0.1, -0.05) is 19.1 Å². The molecule has 2 fully saturated rings. The molecule has 2 heterocycles. The summed E-state index contributed by atoms with van der Waals surface area (Å²) in [4.78, 5) is 31.3. The van der Waals surface area contributed by atoms with E-state index in [1.165, 1.54) is 0 Å². The lowest BCUT2D eigenvalue weighted by atomic mass is 9.96. The Morgan fingerprint density at radius 2 is 1.85 bits per heavy atom. The molecule has 3 rings (SSSR count). The molecule has 6 heteroatoms. The van der Waals surface area contributed by atoms with Gasteiger partial charge in [0.15, 0.2) is 0 Å². The van der Waals surface area contributed by atoms with Crippen LogP contribution in [0.5, 0.6) is 0 Å². The van der Waals surface area contributed by atoms with E-state index in [9.17, 15) is 9.59 Å². The van der Waals surface area contributed by atoms with E-state index >= 15 is 0 Å². The Kier molecular flexibility index (Phi) is 6.14. The van der Waals surface area contributed by atoms with Crippen LogP contribution in [0.3, 0.4) is 0 Å². The number of hydrogen-bond donors (Lipinski definition) is 1. The van der Waals surface area contributed by atoms with Crippen molar-refractivity contribution >= 4 is 23.2 Å². The second-order valence-corrected chi connectivity index (χ2v) is 7.33. The van der Waals surface area contributed by atoms with Gasteiger partial charge in [0.2, 0.25) is 11.8 Å². The van der Waals surface area contributed by atoms with Crippen molar-refractivity contribution in [1.29, 1.82) is 0 Å². The van der Waals surface area contributed by atoms with Gasteiger partial charge in [-0.25, -0.2) is 0 Å². The molecule has 142 valence electrons. The van der Waals surface area contributed by atoms with E-state index in [4.69, 9.17) is 0 Å². The van der Waals surface area contributed by atoms with E-state index in [1.54, 1.807) is 0 Å². The number of anilines is 2. The molecule has 26 heavy (non-hydrogen) atoms. The number of likely N-dealkylation sites (tertiary alicyclic amines) is 1. The number of piperazine rings is 1. The number of rotatable bonds is 4. The highest BCUT2D eigenvalue weighted by Gasteiger charge is 2.28. The fraction of sp³-hybridized carbons (Fsp3) is 0.600. The molecule has 2 aliphatic rings. The maximum absolute atomic E-state index is 12.8. The summed E-state index contributed by atoms with van der Waals surface area (Å²) in [7, 11) is 2.14. The Balaban J connectivity index is 1.67. The lowest BCUT2D eigenvalue weighted by Crippen LogP contribution is -2.45. The van der Waals surface area contributed by atoms with Crippen LogP contribution >= 0.6 is 0 Å². The van der Waals surface area contributed by atoms with Gasteiger partial charge >= 0.3 is 0 Å². The van der Waals surface area contributed by atoms with Gasteiger partial charge in [0.1, 0.15) is 0 Å². The molecular weight excluding hydrogens is 328 g/mol. The number of para-hydroxylation sites is 2. The van der Waals surface area contributed by atoms with Gasteiger partial charge in [0.25, 0.3) is 0 Å². The summed E-state index contributed by atoms with van der Waals surface area (Å²) in [6.45, 7) is 7.16. The maximum Gasteiger partial charge on any atom is 0.229 e. The van der Waals surface area contributed by atoms with Gasteiger partial charge in [-0.15, -0.1) is 0 Å². The average Bonchev–Trinajstić information content (AvgIpc) is 2.68. The van der Waals surface area contributed by atoms with Crippen molar-refractivity contribution < 1.29 is 9.59 Å². The average molecular weight is 358 g/mol. The second-order valence-electron chi connectivity index (χ2n) is 7.33. The lowest BCUT2D eigenvalue weighted by molar-refractivity contribution is -0.134. The summed E-state index contributed by atoms with van der Waals surface area (Å²) in [6.07, 6.45) is 2.24. The zero-order valence-corrected chi connectivity index (χ0v) is 15.9. The van der Waals surface area contributed by atoms with Gasteiger partial charge in [-0.3, -0.25) is 9.59 Å². The molecule has 2 saturated heterocycles. The zero-order chi connectivity index (χ0) is 18.5. The van der Waals surface area contributed by atoms with Crippen LogP contribution < -0.4 is 10.2 Å². The summed E-state index contributed by atoms with van der Waals surface area (Å²) in [5.74, 6) is 0.0420. The van der Waals surface area contributed by atoms with Crippen LogP contribution in [0.25, 0.3) is 0 Å². The summed E-state index contributed by atoms with van der Waals surface area (Å²) in [5, 5.41) is 3.13. The molecule has 0 aliphatic carbocycles. The molecule has 6 nitrogen and oxygen atoms in total. The molecule has 1 aromatic rings. The third-order valence-corrected chi connectivity index (χ3v) is 5.45. The molecule has 2 aliphatic heterocycles. The van der Waals surface area contributed by atoms with Crippen LogP contribution in [0.1, 0.15) is 26.2 Å². The Morgan fingerprint density at radius 3 is 2.58 bits per heavy atom. The topological polar surface area (TPSA) is 55.9 Å². The molecule has 0 aromatic heterocycles. The minimum absolute atomic E-state index is 0.0279. The highest BCUT2D eigenvalue weighted by molar-refractivity contribution is 5.96. The van der Waals surface area contributed by atoms with Crippen molar-refractivity contribution in [2.24, 2.45) is 5.92 Å². The first kappa shape index (κ1) is 18.7. The predicted molar refractivity (Wildman–Crippen MR) is 104 cm³/mol. The van der Waals surface area contributed by atoms with Crippen molar-refractivity contribution in [1.82, 2.24) is 9.80 Å². The summed E-state index contributed by atoms with van der Waals surface area (Å²) >= 11 is 0. The first-order valence-electron chi connectivity index (χ1n) is 9.69. The van der Waals surface area contributed by atoms with Gasteiger partial charge in [-0.05, 0) is 32.0 Å². The van der Waals surface area contributed by atoms with Crippen LogP contribution in [-0.2, 0) is 9.59 Å². The van der Waals surface area contributed by atoms with E-state index in [1.807, 2.05) is 30.0 Å². The van der Waals surface area contributed by atoms with Crippen LogP contribution in [-0.4, -0.2) is 67.9 Å². The molecule has 0 saturated carbocycles. The Bertz CT molecular complexity index is 640. The summed E-state index contributed by atoms with van der Waals surface area (Å²) < 4.78 is 0. The maximum atomic E-state index is 12.8. The van der Waals surface area contributed by atoms with Crippen molar-refractivity contribution in [3.8, 4) is 0 Å². The van der Waals surface area contributed by atoms with Crippen LogP contribution in [0.15, 0.2) is 24.3 Å². The second kappa shape index (κ2) is 8.54. The minimum Gasteiger partial charge on any atom is -0.367 e. The van der Waals surface area contributed by atoms with Crippen molar-refractivity contribution in [3.05, 3.63) is 24.3 Å². The fourth-order valence-corrected chi connectivity index (χ4v) is 3.78. The predicted octanol–water partition coefficient (Wildman–Crippen LogP) is 2.03. The number of amides is 2. The Morgan fingerprint density at radius 1 is 1.12 bits per heavy atom. The molecule has 1 N–H and O–H groups in total. The summed E-state index contributed by atoms with van der Waals surface area (Å²) in [5.41, 5.74) is 1.97. The standard InChI is InChI=1S/C20H30N4O2/c1-3-19(25)24-10-6-7-16(15-24)20(26)21-17-8-4-5-9-18(17)23-13-11-22(2)12-14-23/h4-5,8-9,16H,3,6-7,10-15H2,1-2H3,(H,21,26). The molecule has 0 bridgehead atoms. The monoisotopic (exact) mass is 358 g/mol. The number of carbonyl (C=O) groups is 2. The van der Waals surface area contributed by atoms with Gasteiger partial charge in [0.05, 0.1) is 17.3 Å².